The lowest BCUT2D eigenvalue weighted by molar-refractivity contribution is 0.532. The number of aromatic nitrogens is 3. The van der Waals surface area contributed by atoms with E-state index in [2.05, 4.69) is 44.5 Å². The van der Waals surface area contributed by atoms with Crippen molar-refractivity contribution in [3.63, 3.8) is 0 Å². The molecule has 1 heterocycles. The Hall–Kier alpha value is -0.380. The zero-order valence-electron chi connectivity index (χ0n) is 9.86. The summed E-state index contributed by atoms with van der Waals surface area (Å²) in [7, 11) is 0. The third-order valence-corrected chi connectivity index (χ3v) is 4.63. The number of nitrogens with zero attached hydrogens (tertiary/aromatic N) is 3. The normalized spacial score (nSPS) is 32.1. The van der Waals surface area contributed by atoms with Crippen LogP contribution in [0.15, 0.2) is 0 Å². The summed E-state index contributed by atoms with van der Waals surface area (Å²) in [4.78, 5) is 0. The number of halogens is 1. The lowest BCUT2D eigenvalue weighted by Crippen LogP contribution is -2.10. The van der Waals surface area contributed by atoms with Crippen LogP contribution in [0.4, 0.5) is 0 Å². The van der Waals surface area contributed by atoms with Gasteiger partial charge in [0.1, 0.15) is 11.6 Å². The van der Waals surface area contributed by atoms with Crippen LogP contribution in [0, 0.1) is 11.8 Å². The Bertz CT molecular complexity index is 389. The highest BCUT2D eigenvalue weighted by atomic mass is 79.9. The molecule has 2 aliphatic carbocycles. The van der Waals surface area contributed by atoms with E-state index < -0.39 is 0 Å². The Kier molecular flexibility index (Phi) is 2.57. The first-order valence-corrected chi connectivity index (χ1v) is 7.35. The average molecular weight is 284 g/mol. The van der Waals surface area contributed by atoms with Crippen molar-refractivity contribution in [2.45, 2.75) is 50.4 Å². The largest absolute Gasteiger partial charge is 0.311 e. The van der Waals surface area contributed by atoms with Crippen molar-refractivity contribution in [2.75, 3.05) is 0 Å². The van der Waals surface area contributed by atoms with E-state index in [1.54, 1.807) is 0 Å². The van der Waals surface area contributed by atoms with Gasteiger partial charge in [-0.1, -0.05) is 22.4 Å². The third kappa shape index (κ3) is 1.45. The van der Waals surface area contributed by atoms with Gasteiger partial charge in [-0.3, -0.25) is 0 Å². The fourth-order valence-electron chi connectivity index (χ4n) is 3.42. The molecule has 1 aromatic heterocycles. The minimum Gasteiger partial charge on any atom is -0.311 e. The Labute approximate surface area is 105 Å². The molecular weight excluding hydrogens is 266 g/mol. The van der Waals surface area contributed by atoms with Gasteiger partial charge in [-0.25, -0.2) is 0 Å². The maximum absolute atomic E-state index is 4.44. The first-order valence-electron chi connectivity index (χ1n) is 6.23. The lowest BCUT2D eigenvalue weighted by Gasteiger charge is -2.13. The van der Waals surface area contributed by atoms with Crippen LogP contribution in [0.1, 0.15) is 56.7 Å². The number of alkyl halides is 1. The smallest absolute Gasteiger partial charge is 0.143 e. The van der Waals surface area contributed by atoms with Crippen molar-refractivity contribution < 1.29 is 0 Å². The highest BCUT2D eigenvalue weighted by molar-refractivity contribution is 9.08. The summed E-state index contributed by atoms with van der Waals surface area (Å²) >= 11 is 3.50. The summed E-state index contributed by atoms with van der Waals surface area (Å²) in [6.45, 7) is 4.44. The molecule has 2 atom stereocenters. The molecule has 3 nitrogen and oxygen atoms in total. The maximum Gasteiger partial charge on any atom is 0.143 e. The lowest BCUT2D eigenvalue weighted by atomic mass is 10.1. The number of hydrogen-bond acceptors (Lipinski definition) is 2. The predicted octanol–water partition coefficient (Wildman–Crippen LogP) is 3.27. The maximum atomic E-state index is 4.44. The van der Waals surface area contributed by atoms with Crippen LogP contribution in [0.2, 0.25) is 0 Å². The molecule has 0 N–H and O–H groups in total. The second-order valence-electron chi connectivity index (χ2n) is 5.36. The van der Waals surface area contributed by atoms with Crippen LogP contribution >= 0.6 is 15.9 Å². The zero-order chi connectivity index (χ0) is 11.3. The summed E-state index contributed by atoms with van der Waals surface area (Å²) in [5, 5.41) is 9.55. The number of fused-ring (bicyclic) bond motifs is 1. The van der Waals surface area contributed by atoms with E-state index in [0.29, 0.717) is 6.04 Å². The second kappa shape index (κ2) is 3.83. The molecule has 0 aliphatic heterocycles. The summed E-state index contributed by atoms with van der Waals surface area (Å²) < 4.78 is 2.33. The van der Waals surface area contributed by atoms with Crippen molar-refractivity contribution >= 4 is 15.9 Å². The Morgan fingerprint density at radius 1 is 1.31 bits per heavy atom. The molecule has 2 fully saturated rings. The van der Waals surface area contributed by atoms with Gasteiger partial charge >= 0.3 is 0 Å². The molecule has 0 radical (unpaired) electrons. The molecular formula is C12H18BrN3. The Morgan fingerprint density at radius 2 is 2.00 bits per heavy atom. The van der Waals surface area contributed by atoms with Gasteiger partial charge in [0, 0.05) is 12.0 Å². The van der Waals surface area contributed by atoms with Gasteiger partial charge in [0.05, 0.1) is 5.33 Å². The SMILES string of the molecule is CC(C)n1c(CBr)nnc1C1C2CCCC21. The zero-order valence-corrected chi connectivity index (χ0v) is 11.4. The van der Waals surface area contributed by atoms with Gasteiger partial charge in [-0.2, -0.15) is 0 Å². The molecule has 0 bridgehead atoms. The molecule has 0 aromatic carbocycles. The van der Waals surface area contributed by atoms with Crippen LogP contribution in [-0.4, -0.2) is 14.8 Å². The van der Waals surface area contributed by atoms with Crippen LogP contribution in [-0.2, 0) is 5.33 Å². The van der Waals surface area contributed by atoms with E-state index in [1.807, 2.05) is 0 Å². The topological polar surface area (TPSA) is 30.7 Å². The van der Waals surface area contributed by atoms with Gasteiger partial charge in [-0.15, -0.1) is 10.2 Å². The minimum atomic E-state index is 0.471. The monoisotopic (exact) mass is 283 g/mol. The summed E-state index contributed by atoms with van der Waals surface area (Å²) in [6.07, 6.45) is 4.24. The summed E-state index contributed by atoms with van der Waals surface area (Å²) in [5.41, 5.74) is 0. The van der Waals surface area contributed by atoms with Crippen LogP contribution < -0.4 is 0 Å². The van der Waals surface area contributed by atoms with Gasteiger partial charge < -0.3 is 4.57 Å². The van der Waals surface area contributed by atoms with Gasteiger partial charge in [-0.05, 0) is 38.5 Å². The predicted molar refractivity (Wildman–Crippen MR) is 66.6 cm³/mol. The summed E-state index contributed by atoms with van der Waals surface area (Å²) in [5.74, 6) is 4.89. The molecule has 0 spiro atoms. The fraction of sp³-hybridized carbons (Fsp3) is 0.833. The fourth-order valence-corrected chi connectivity index (χ4v) is 3.81. The van der Waals surface area contributed by atoms with Crippen molar-refractivity contribution in [2.24, 2.45) is 11.8 Å². The van der Waals surface area contributed by atoms with E-state index >= 15 is 0 Å². The summed E-state index contributed by atoms with van der Waals surface area (Å²) in [6, 6.07) is 0.471. The molecule has 2 aliphatic rings. The van der Waals surface area contributed by atoms with Crippen molar-refractivity contribution in [1.29, 1.82) is 0 Å². The van der Waals surface area contributed by atoms with Crippen LogP contribution in [0.25, 0.3) is 0 Å². The molecule has 4 heteroatoms. The van der Waals surface area contributed by atoms with Gasteiger partial charge in [0.25, 0.3) is 0 Å². The van der Waals surface area contributed by atoms with Gasteiger partial charge in [0.15, 0.2) is 0 Å². The first kappa shape index (κ1) is 10.8. The van der Waals surface area contributed by atoms with Crippen molar-refractivity contribution in [3.05, 3.63) is 11.6 Å². The van der Waals surface area contributed by atoms with Gasteiger partial charge in [0.2, 0.25) is 0 Å². The van der Waals surface area contributed by atoms with Crippen molar-refractivity contribution in [3.8, 4) is 0 Å². The van der Waals surface area contributed by atoms with E-state index in [-0.39, 0.29) is 0 Å². The standard InChI is InChI=1S/C12H18BrN3/c1-7(2)16-10(6-13)14-15-12(16)11-8-4-3-5-9(8)11/h7-9,11H,3-6H2,1-2H3. The van der Waals surface area contributed by atoms with Crippen molar-refractivity contribution in [1.82, 2.24) is 14.8 Å². The van der Waals surface area contributed by atoms with Crippen LogP contribution in [0.3, 0.4) is 0 Å². The second-order valence-corrected chi connectivity index (χ2v) is 5.92. The first-order chi connectivity index (χ1) is 7.74. The molecule has 88 valence electrons. The van der Waals surface area contributed by atoms with E-state index in [0.717, 1.165) is 28.9 Å². The molecule has 0 saturated heterocycles. The Balaban J connectivity index is 1.93. The number of hydrogen-bond donors (Lipinski definition) is 0. The molecule has 1 aromatic rings. The Morgan fingerprint density at radius 3 is 2.56 bits per heavy atom. The molecule has 3 rings (SSSR count). The molecule has 0 amide bonds. The van der Waals surface area contributed by atoms with E-state index in [1.165, 1.54) is 25.1 Å². The van der Waals surface area contributed by atoms with E-state index in [9.17, 15) is 0 Å². The minimum absolute atomic E-state index is 0.471. The van der Waals surface area contributed by atoms with E-state index in [4.69, 9.17) is 0 Å². The molecule has 2 saturated carbocycles. The third-order valence-electron chi connectivity index (χ3n) is 4.13. The molecule has 2 unspecified atom stereocenters. The van der Waals surface area contributed by atoms with Crippen LogP contribution in [0.5, 0.6) is 0 Å². The highest BCUT2D eigenvalue weighted by Crippen LogP contribution is 2.62. The number of rotatable bonds is 3. The highest BCUT2D eigenvalue weighted by Gasteiger charge is 2.55. The molecule has 16 heavy (non-hydrogen) atoms. The quantitative estimate of drug-likeness (QED) is 0.798. The average Bonchev–Trinajstić information content (AvgIpc) is 2.73.